The molecular formula is C32H18N6O2. The van der Waals surface area contributed by atoms with E-state index in [2.05, 4.69) is 10.6 Å². The average Bonchev–Trinajstić information content (AvgIpc) is 3.60. The molecule has 0 bridgehead atoms. The number of nitrogens with zero attached hydrogens (tertiary/aromatic N) is 4. The van der Waals surface area contributed by atoms with E-state index < -0.39 is 0 Å². The number of aryl methyl sites for hydroxylation is 2. The van der Waals surface area contributed by atoms with Crippen molar-refractivity contribution in [2.75, 3.05) is 10.6 Å². The first-order chi connectivity index (χ1) is 19.4. The Morgan fingerprint density at radius 1 is 0.600 bits per heavy atom. The van der Waals surface area contributed by atoms with E-state index >= 15 is 0 Å². The number of hydrogen-bond acceptors (Lipinski definition) is 8. The maximum absolute atomic E-state index is 9.53. The van der Waals surface area contributed by atoms with Gasteiger partial charge in [-0.1, -0.05) is 59.7 Å². The van der Waals surface area contributed by atoms with Crippen LogP contribution in [-0.4, -0.2) is 0 Å². The van der Waals surface area contributed by atoms with Gasteiger partial charge in [0.2, 0.25) is 11.8 Å². The molecule has 40 heavy (non-hydrogen) atoms. The van der Waals surface area contributed by atoms with Gasteiger partial charge in [-0.05, 0) is 42.5 Å². The van der Waals surface area contributed by atoms with Crippen molar-refractivity contribution in [3.63, 3.8) is 0 Å². The number of benzene rings is 4. The minimum Gasteiger partial charge on any atom is -0.436 e. The van der Waals surface area contributed by atoms with Crippen LogP contribution >= 0.6 is 0 Å². The van der Waals surface area contributed by atoms with Crippen LogP contribution in [0.15, 0.2) is 83.6 Å². The van der Waals surface area contributed by atoms with Gasteiger partial charge in [-0.2, -0.15) is 21.0 Å². The van der Waals surface area contributed by atoms with Crippen molar-refractivity contribution in [3.8, 4) is 58.0 Å². The molecule has 0 amide bonds. The SMILES string of the molecule is Cc1ccc(-c2cc3cc(-c4ccc(C)cc4)c4c(c3c3c2NC(=C(C#N)C#N)O3)NC(=C(C#N)C#N)O4)cc1. The first-order valence-corrected chi connectivity index (χ1v) is 12.3. The average molecular weight is 519 g/mol. The van der Waals surface area contributed by atoms with Crippen molar-refractivity contribution in [3.05, 3.63) is 94.7 Å². The third-order valence-corrected chi connectivity index (χ3v) is 6.85. The van der Waals surface area contributed by atoms with Crippen LogP contribution in [0.5, 0.6) is 11.5 Å². The first-order valence-electron chi connectivity index (χ1n) is 12.3. The highest BCUT2D eigenvalue weighted by molar-refractivity contribution is 6.13. The van der Waals surface area contributed by atoms with Gasteiger partial charge in [-0.25, -0.2) is 0 Å². The van der Waals surface area contributed by atoms with Gasteiger partial charge in [0.05, 0.1) is 16.8 Å². The highest BCUT2D eigenvalue weighted by atomic mass is 16.5. The summed E-state index contributed by atoms with van der Waals surface area (Å²) in [5, 5.41) is 45.8. The van der Waals surface area contributed by atoms with E-state index in [1.807, 2.05) is 98.8 Å². The van der Waals surface area contributed by atoms with E-state index in [4.69, 9.17) is 9.47 Å². The molecule has 2 aliphatic rings. The second-order valence-electron chi connectivity index (χ2n) is 9.40. The fourth-order valence-electron chi connectivity index (χ4n) is 4.84. The van der Waals surface area contributed by atoms with Gasteiger partial charge in [0, 0.05) is 11.1 Å². The minimum absolute atomic E-state index is 0.0219. The Morgan fingerprint density at radius 3 is 1.57 bits per heavy atom. The predicted octanol–water partition coefficient (Wildman–Crippen LogP) is 6.92. The quantitative estimate of drug-likeness (QED) is 0.273. The van der Waals surface area contributed by atoms with Crippen molar-refractivity contribution in [1.82, 2.24) is 0 Å². The van der Waals surface area contributed by atoms with Crippen molar-refractivity contribution in [1.29, 1.82) is 21.0 Å². The Balaban J connectivity index is 1.71. The Kier molecular flexibility index (Phi) is 5.59. The highest BCUT2D eigenvalue weighted by Crippen LogP contribution is 2.55. The Labute approximate surface area is 229 Å². The molecule has 4 aromatic rings. The fourth-order valence-corrected chi connectivity index (χ4v) is 4.84. The predicted molar refractivity (Wildman–Crippen MR) is 149 cm³/mol. The monoisotopic (exact) mass is 518 g/mol. The second-order valence-corrected chi connectivity index (χ2v) is 9.40. The topological polar surface area (TPSA) is 138 Å². The zero-order valence-corrected chi connectivity index (χ0v) is 21.4. The zero-order valence-electron chi connectivity index (χ0n) is 21.4. The third kappa shape index (κ3) is 3.74. The molecule has 0 saturated carbocycles. The molecule has 0 spiro atoms. The summed E-state index contributed by atoms with van der Waals surface area (Å²) >= 11 is 0. The van der Waals surface area contributed by atoms with Crippen LogP contribution in [0.2, 0.25) is 0 Å². The van der Waals surface area contributed by atoms with E-state index in [9.17, 15) is 21.0 Å². The number of ether oxygens (including phenoxy) is 2. The lowest BCUT2D eigenvalue weighted by Gasteiger charge is -2.15. The molecule has 2 aliphatic heterocycles. The zero-order chi connectivity index (χ0) is 28.0. The normalized spacial score (nSPS) is 12.3. The van der Waals surface area contributed by atoms with Crippen LogP contribution in [0.25, 0.3) is 33.0 Å². The molecule has 8 nitrogen and oxygen atoms in total. The van der Waals surface area contributed by atoms with Crippen molar-refractivity contribution in [2.24, 2.45) is 0 Å². The lowest BCUT2D eigenvalue weighted by atomic mass is 9.93. The first kappa shape index (κ1) is 24.1. The van der Waals surface area contributed by atoms with Gasteiger partial charge >= 0.3 is 0 Å². The van der Waals surface area contributed by atoms with Gasteiger partial charge in [0.25, 0.3) is 0 Å². The molecule has 2 N–H and O–H groups in total. The van der Waals surface area contributed by atoms with Crippen LogP contribution in [0.4, 0.5) is 11.4 Å². The van der Waals surface area contributed by atoms with Crippen molar-refractivity contribution >= 4 is 22.1 Å². The Bertz CT molecular complexity index is 1820. The van der Waals surface area contributed by atoms with Crippen LogP contribution < -0.4 is 20.1 Å². The lowest BCUT2D eigenvalue weighted by molar-refractivity contribution is 0.455. The number of allylic oxidation sites excluding steroid dienone is 2. The molecule has 0 radical (unpaired) electrons. The number of nitriles is 4. The van der Waals surface area contributed by atoms with E-state index in [0.717, 1.165) is 38.8 Å². The van der Waals surface area contributed by atoms with Crippen LogP contribution in [0.1, 0.15) is 11.1 Å². The summed E-state index contributed by atoms with van der Waals surface area (Å²) in [6.07, 6.45) is 0. The molecule has 8 heteroatoms. The van der Waals surface area contributed by atoms with Crippen LogP contribution in [-0.2, 0) is 0 Å². The standard InChI is InChI=1S/C32H18N6O2/c1-17-3-7-19(8-4-17)24-11-21-12-25(20-9-5-18(2)6-10-20)29-28(38-32(39-29)23(15-35)16-36)26(21)30-27(24)37-31(40-30)22(13-33)14-34/h3-12,37-38H,1-2H3. The van der Waals surface area contributed by atoms with E-state index in [1.54, 1.807) is 0 Å². The van der Waals surface area contributed by atoms with Gasteiger partial charge < -0.3 is 20.1 Å². The molecule has 188 valence electrons. The second kappa shape index (κ2) is 9.26. The van der Waals surface area contributed by atoms with Gasteiger partial charge in [0.15, 0.2) is 22.6 Å². The molecule has 0 unspecified atom stereocenters. The van der Waals surface area contributed by atoms with Crippen LogP contribution in [0, 0.1) is 59.2 Å². The van der Waals surface area contributed by atoms with E-state index in [0.29, 0.717) is 28.3 Å². The smallest absolute Gasteiger partial charge is 0.226 e. The summed E-state index contributed by atoms with van der Waals surface area (Å²) in [6.45, 7) is 4.01. The maximum atomic E-state index is 9.53. The molecule has 2 heterocycles. The molecule has 6 rings (SSSR count). The van der Waals surface area contributed by atoms with Crippen molar-refractivity contribution in [2.45, 2.75) is 13.8 Å². The number of rotatable bonds is 2. The summed E-state index contributed by atoms with van der Waals surface area (Å²) in [6, 6.07) is 27.5. The van der Waals surface area contributed by atoms with Gasteiger partial charge in [-0.3, -0.25) is 0 Å². The van der Waals surface area contributed by atoms with E-state index in [-0.39, 0.29) is 22.9 Å². The summed E-state index contributed by atoms with van der Waals surface area (Å²) < 4.78 is 12.3. The van der Waals surface area contributed by atoms with Crippen molar-refractivity contribution < 1.29 is 9.47 Å². The molecule has 0 aliphatic carbocycles. The molecular weight excluding hydrogens is 500 g/mol. The van der Waals surface area contributed by atoms with E-state index in [1.165, 1.54) is 0 Å². The largest absolute Gasteiger partial charge is 0.436 e. The number of fused-ring (bicyclic) bond motifs is 5. The lowest BCUT2D eigenvalue weighted by Crippen LogP contribution is -2.01. The Hall–Kier alpha value is -6.22. The third-order valence-electron chi connectivity index (χ3n) is 6.85. The number of anilines is 2. The Morgan fingerprint density at radius 2 is 1.05 bits per heavy atom. The maximum Gasteiger partial charge on any atom is 0.226 e. The number of nitrogens with one attached hydrogen (secondary N) is 2. The minimum atomic E-state index is -0.206. The summed E-state index contributed by atoms with van der Waals surface area (Å²) in [5.41, 5.74) is 6.25. The highest BCUT2D eigenvalue weighted by Gasteiger charge is 2.33. The molecule has 0 saturated heterocycles. The molecule has 0 aromatic heterocycles. The summed E-state index contributed by atoms with van der Waals surface area (Å²) in [4.78, 5) is 0. The molecule has 0 atom stereocenters. The summed E-state index contributed by atoms with van der Waals surface area (Å²) in [7, 11) is 0. The van der Waals surface area contributed by atoms with Gasteiger partial charge in [-0.15, -0.1) is 0 Å². The molecule has 0 fully saturated rings. The fraction of sp³-hybridized carbons (Fsp3) is 0.0625. The number of hydrogen-bond donors (Lipinski definition) is 2. The van der Waals surface area contributed by atoms with Crippen LogP contribution in [0.3, 0.4) is 0 Å². The molecule has 4 aromatic carbocycles. The summed E-state index contributed by atoms with van der Waals surface area (Å²) in [5.74, 6) is 0.877. The van der Waals surface area contributed by atoms with Gasteiger partial charge in [0.1, 0.15) is 24.3 Å².